The molecule has 4 rings (SSSR count). The van der Waals surface area contributed by atoms with Crippen LogP contribution in [-0.4, -0.2) is 58.6 Å². The number of nitrogens with zero attached hydrogens (tertiary/aromatic N) is 3. The lowest BCUT2D eigenvalue weighted by molar-refractivity contribution is 0.0475. The van der Waals surface area contributed by atoms with E-state index in [2.05, 4.69) is 15.5 Å². The number of aromatic nitrogens is 2. The van der Waals surface area contributed by atoms with Crippen LogP contribution in [0.1, 0.15) is 81.8 Å². The van der Waals surface area contributed by atoms with E-state index in [4.69, 9.17) is 9.26 Å². The third-order valence-electron chi connectivity index (χ3n) is 5.50. The summed E-state index contributed by atoms with van der Waals surface area (Å²) in [5, 5.41) is 6.74. The highest BCUT2D eigenvalue weighted by molar-refractivity contribution is 6.22. The number of carbonyl (C=O) groups excluding carboxylic acids is 3. The molecule has 0 radical (unpaired) electrons. The smallest absolute Gasteiger partial charge is 0.261 e. The summed E-state index contributed by atoms with van der Waals surface area (Å²) in [6, 6.07) is 4.61. The topological polar surface area (TPSA) is 115 Å². The van der Waals surface area contributed by atoms with Crippen LogP contribution in [0.25, 0.3) is 0 Å². The van der Waals surface area contributed by atoms with Crippen LogP contribution < -0.4 is 5.32 Å². The molecule has 2 aromatic rings. The van der Waals surface area contributed by atoms with Crippen molar-refractivity contribution in [2.24, 2.45) is 0 Å². The molecule has 3 heterocycles. The fraction of sp³-hybridized carbons (Fsp3) is 0.500. The van der Waals surface area contributed by atoms with Gasteiger partial charge in [0.15, 0.2) is 5.82 Å². The first-order valence-electron chi connectivity index (χ1n) is 10.7. The molecule has 1 saturated heterocycles. The highest BCUT2D eigenvalue weighted by Gasteiger charge is 2.37. The Morgan fingerprint density at radius 3 is 2.77 bits per heavy atom. The van der Waals surface area contributed by atoms with Crippen molar-refractivity contribution in [1.29, 1.82) is 0 Å². The van der Waals surface area contributed by atoms with E-state index in [0.717, 1.165) is 12.8 Å². The van der Waals surface area contributed by atoms with E-state index in [-0.39, 0.29) is 41.9 Å². The van der Waals surface area contributed by atoms with Crippen molar-refractivity contribution in [2.75, 3.05) is 19.7 Å². The van der Waals surface area contributed by atoms with E-state index in [0.29, 0.717) is 48.8 Å². The van der Waals surface area contributed by atoms with Gasteiger partial charge in [-0.3, -0.25) is 19.3 Å². The summed E-state index contributed by atoms with van der Waals surface area (Å²) in [6.45, 7) is 5.32. The highest BCUT2D eigenvalue weighted by Crippen LogP contribution is 2.26. The second kappa shape index (κ2) is 8.97. The van der Waals surface area contributed by atoms with Crippen LogP contribution in [0.3, 0.4) is 0 Å². The second-order valence-corrected chi connectivity index (χ2v) is 8.18. The zero-order valence-electron chi connectivity index (χ0n) is 17.7. The molecule has 164 valence electrons. The molecule has 1 unspecified atom stereocenters. The molecule has 2 aliphatic heterocycles. The molecule has 1 aromatic heterocycles. The minimum absolute atomic E-state index is 0.111. The van der Waals surface area contributed by atoms with Gasteiger partial charge >= 0.3 is 0 Å². The molecule has 2 aliphatic rings. The molecular weight excluding hydrogens is 400 g/mol. The van der Waals surface area contributed by atoms with Crippen LogP contribution in [0, 0.1) is 0 Å². The molecule has 3 amide bonds. The first-order valence-corrected chi connectivity index (χ1v) is 10.7. The maximum atomic E-state index is 12.7. The second-order valence-electron chi connectivity index (χ2n) is 8.18. The van der Waals surface area contributed by atoms with Gasteiger partial charge in [-0.1, -0.05) is 19.0 Å². The van der Waals surface area contributed by atoms with Crippen LogP contribution in [0.15, 0.2) is 22.7 Å². The van der Waals surface area contributed by atoms with Crippen molar-refractivity contribution in [3.05, 3.63) is 46.6 Å². The van der Waals surface area contributed by atoms with Gasteiger partial charge in [0.05, 0.1) is 23.8 Å². The normalized spacial score (nSPS) is 18.2. The SMILES string of the molecule is CC(C)c1noc(CCCNC(=O)c2ccc3c(c2)C(=O)N(CC2CCCO2)C3=O)n1. The lowest BCUT2D eigenvalue weighted by Crippen LogP contribution is -2.36. The average Bonchev–Trinajstić information content (AvgIpc) is 3.49. The molecule has 1 fully saturated rings. The summed E-state index contributed by atoms with van der Waals surface area (Å²) in [5.41, 5.74) is 0.943. The van der Waals surface area contributed by atoms with E-state index >= 15 is 0 Å². The van der Waals surface area contributed by atoms with Crippen LogP contribution >= 0.6 is 0 Å². The van der Waals surface area contributed by atoms with Crippen LogP contribution in [-0.2, 0) is 11.2 Å². The predicted molar refractivity (Wildman–Crippen MR) is 110 cm³/mol. The minimum atomic E-state index is -0.373. The molecule has 0 saturated carbocycles. The molecule has 1 atom stereocenters. The van der Waals surface area contributed by atoms with Crippen molar-refractivity contribution in [1.82, 2.24) is 20.4 Å². The maximum absolute atomic E-state index is 12.7. The molecule has 9 heteroatoms. The van der Waals surface area contributed by atoms with Crippen molar-refractivity contribution in [3.8, 4) is 0 Å². The Bertz CT molecular complexity index is 994. The first-order chi connectivity index (χ1) is 14.9. The van der Waals surface area contributed by atoms with E-state index in [1.165, 1.54) is 11.0 Å². The largest absolute Gasteiger partial charge is 0.376 e. The minimum Gasteiger partial charge on any atom is -0.376 e. The Morgan fingerprint density at radius 2 is 2.06 bits per heavy atom. The molecular formula is C22H26N4O5. The number of ether oxygens (including phenoxy) is 1. The molecule has 0 aliphatic carbocycles. The Morgan fingerprint density at radius 1 is 1.26 bits per heavy atom. The highest BCUT2D eigenvalue weighted by atomic mass is 16.5. The number of hydrogen-bond acceptors (Lipinski definition) is 7. The van der Waals surface area contributed by atoms with E-state index in [9.17, 15) is 14.4 Å². The average molecular weight is 426 g/mol. The number of carbonyl (C=O) groups is 3. The van der Waals surface area contributed by atoms with Gasteiger partial charge in [-0.15, -0.1) is 0 Å². The van der Waals surface area contributed by atoms with Gasteiger partial charge in [0.25, 0.3) is 17.7 Å². The summed E-state index contributed by atoms with van der Waals surface area (Å²) in [5.74, 6) is 0.420. The van der Waals surface area contributed by atoms with Gasteiger partial charge < -0.3 is 14.6 Å². The number of fused-ring (bicyclic) bond motifs is 1. The molecule has 0 bridgehead atoms. The Labute approximate surface area is 180 Å². The fourth-order valence-electron chi connectivity index (χ4n) is 3.74. The van der Waals surface area contributed by atoms with E-state index < -0.39 is 0 Å². The van der Waals surface area contributed by atoms with Crippen molar-refractivity contribution in [2.45, 2.75) is 51.6 Å². The fourth-order valence-corrected chi connectivity index (χ4v) is 3.74. The summed E-state index contributed by atoms with van der Waals surface area (Å²) >= 11 is 0. The lowest BCUT2D eigenvalue weighted by atomic mass is 10.1. The van der Waals surface area contributed by atoms with Gasteiger partial charge in [-0.25, -0.2) is 0 Å². The van der Waals surface area contributed by atoms with Gasteiger partial charge in [0.2, 0.25) is 5.89 Å². The summed E-state index contributed by atoms with van der Waals surface area (Å²) in [6.07, 6.45) is 2.87. The van der Waals surface area contributed by atoms with Gasteiger partial charge in [0.1, 0.15) is 0 Å². The zero-order valence-corrected chi connectivity index (χ0v) is 17.7. The summed E-state index contributed by atoms with van der Waals surface area (Å²) in [7, 11) is 0. The Kier molecular flexibility index (Phi) is 6.13. The first kappa shape index (κ1) is 21.2. The van der Waals surface area contributed by atoms with E-state index in [1.807, 2.05) is 13.8 Å². The summed E-state index contributed by atoms with van der Waals surface area (Å²) < 4.78 is 10.7. The summed E-state index contributed by atoms with van der Waals surface area (Å²) in [4.78, 5) is 43.4. The zero-order chi connectivity index (χ0) is 22.0. The van der Waals surface area contributed by atoms with Gasteiger partial charge in [0, 0.05) is 31.1 Å². The standard InChI is InChI=1S/C22H26N4O5/c1-13(2)19-24-18(31-25-19)6-3-9-23-20(27)14-7-8-16-17(11-14)22(29)26(21(16)28)12-15-5-4-10-30-15/h7-8,11,13,15H,3-6,9-10,12H2,1-2H3,(H,23,27). The monoisotopic (exact) mass is 426 g/mol. The van der Waals surface area contributed by atoms with Crippen molar-refractivity contribution >= 4 is 17.7 Å². The quantitative estimate of drug-likeness (QED) is 0.509. The molecule has 1 aromatic carbocycles. The molecule has 31 heavy (non-hydrogen) atoms. The predicted octanol–water partition coefficient (Wildman–Crippen LogP) is 2.33. The molecule has 9 nitrogen and oxygen atoms in total. The third-order valence-corrected chi connectivity index (χ3v) is 5.50. The number of aryl methyl sites for hydroxylation is 1. The number of benzene rings is 1. The maximum Gasteiger partial charge on any atom is 0.261 e. The van der Waals surface area contributed by atoms with Crippen molar-refractivity contribution in [3.63, 3.8) is 0 Å². The van der Waals surface area contributed by atoms with Crippen molar-refractivity contribution < 1.29 is 23.6 Å². The number of nitrogens with one attached hydrogen (secondary N) is 1. The van der Waals surface area contributed by atoms with Crippen LogP contribution in [0.2, 0.25) is 0 Å². The third kappa shape index (κ3) is 4.51. The number of rotatable bonds is 8. The number of hydrogen-bond donors (Lipinski definition) is 1. The number of imide groups is 1. The van der Waals surface area contributed by atoms with Crippen LogP contribution in [0.4, 0.5) is 0 Å². The molecule has 0 spiro atoms. The number of amides is 3. The molecule has 1 N–H and O–H groups in total. The van der Waals surface area contributed by atoms with Crippen LogP contribution in [0.5, 0.6) is 0 Å². The Balaban J connectivity index is 1.32. The van der Waals surface area contributed by atoms with E-state index in [1.54, 1.807) is 12.1 Å². The van der Waals surface area contributed by atoms with Gasteiger partial charge in [-0.2, -0.15) is 4.98 Å². The van der Waals surface area contributed by atoms with Gasteiger partial charge in [-0.05, 0) is 37.5 Å². The lowest BCUT2D eigenvalue weighted by Gasteiger charge is -2.17. The Hall–Kier alpha value is -3.07.